The van der Waals surface area contributed by atoms with Crippen LogP contribution in [0.15, 0.2) is 0 Å². The van der Waals surface area contributed by atoms with E-state index in [-0.39, 0.29) is 10.2 Å². The molecule has 0 fully saturated rings. The average molecular weight is 332 g/mol. The molecule has 0 rings (SSSR count). The molecule has 0 amide bonds. The highest BCUT2D eigenvalue weighted by molar-refractivity contribution is 8.77. The van der Waals surface area contributed by atoms with Crippen LogP contribution in [0.1, 0.15) is 61.3 Å². The SMILES string of the molecule is CC(C)C#CCO[C@H](CCCNC(C)C)SSC(C)(C)C. The Bertz CT molecular complexity index is 313. The van der Waals surface area contributed by atoms with Crippen molar-refractivity contribution in [3.8, 4) is 11.8 Å². The first kappa shape index (κ1) is 21.2. The Morgan fingerprint density at radius 2 is 1.81 bits per heavy atom. The van der Waals surface area contributed by atoms with E-state index in [2.05, 4.69) is 65.6 Å². The van der Waals surface area contributed by atoms with Gasteiger partial charge in [0.25, 0.3) is 0 Å². The van der Waals surface area contributed by atoms with Gasteiger partial charge >= 0.3 is 0 Å². The van der Waals surface area contributed by atoms with Crippen molar-refractivity contribution < 1.29 is 4.74 Å². The first-order chi connectivity index (χ1) is 9.70. The molecular weight excluding hydrogens is 298 g/mol. The summed E-state index contributed by atoms with van der Waals surface area (Å²) in [6.45, 7) is 16.9. The lowest BCUT2D eigenvalue weighted by molar-refractivity contribution is 0.136. The Balaban J connectivity index is 4.12. The summed E-state index contributed by atoms with van der Waals surface area (Å²) in [5, 5.41) is 3.46. The third kappa shape index (κ3) is 16.4. The van der Waals surface area contributed by atoms with E-state index in [0.717, 1.165) is 19.4 Å². The Hall–Kier alpha value is 0.180. The number of rotatable bonds is 9. The van der Waals surface area contributed by atoms with Gasteiger partial charge in [-0.05, 0) is 19.4 Å². The van der Waals surface area contributed by atoms with E-state index in [1.807, 2.05) is 21.6 Å². The molecule has 0 aliphatic rings. The molecule has 1 atom stereocenters. The summed E-state index contributed by atoms with van der Waals surface area (Å²) in [5.41, 5.74) is 0.227. The third-order valence-electron chi connectivity index (χ3n) is 2.31. The number of ether oxygens (including phenoxy) is 1. The topological polar surface area (TPSA) is 21.3 Å². The van der Waals surface area contributed by atoms with Crippen LogP contribution in [0.25, 0.3) is 0 Å². The average Bonchev–Trinajstić information content (AvgIpc) is 2.33. The molecule has 0 heterocycles. The summed E-state index contributed by atoms with van der Waals surface area (Å²) in [7, 11) is 3.74. The zero-order valence-corrected chi connectivity index (χ0v) is 16.4. The molecule has 0 unspecified atom stereocenters. The van der Waals surface area contributed by atoms with E-state index < -0.39 is 0 Å². The highest BCUT2D eigenvalue weighted by atomic mass is 33.1. The largest absolute Gasteiger partial charge is 0.354 e. The summed E-state index contributed by atoms with van der Waals surface area (Å²) in [6, 6.07) is 0.554. The van der Waals surface area contributed by atoms with E-state index >= 15 is 0 Å². The van der Waals surface area contributed by atoms with Crippen LogP contribution in [0, 0.1) is 17.8 Å². The third-order valence-corrected chi connectivity index (χ3v) is 5.92. The second-order valence-electron chi connectivity index (χ2n) is 6.76. The smallest absolute Gasteiger partial charge is 0.114 e. The molecule has 1 N–H and O–H groups in total. The fraction of sp³-hybridized carbons (Fsp3) is 0.882. The molecule has 21 heavy (non-hydrogen) atoms. The van der Waals surface area contributed by atoms with Crippen LogP contribution < -0.4 is 5.32 Å². The van der Waals surface area contributed by atoms with Crippen LogP contribution in [0.2, 0.25) is 0 Å². The van der Waals surface area contributed by atoms with Gasteiger partial charge in [0.1, 0.15) is 12.0 Å². The van der Waals surface area contributed by atoms with Gasteiger partial charge in [-0.15, -0.1) is 0 Å². The molecule has 0 aromatic heterocycles. The van der Waals surface area contributed by atoms with Gasteiger partial charge in [-0.2, -0.15) is 0 Å². The molecule has 0 bridgehead atoms. The maximum atomic E-state index is 5.94. The van der Waals surface area contributed by atoms with Gasteiger partial charge in [0, 0.05) is 16.7 Å². The van der Waals surface area contributed by atoms with E-state index in [9.17, 15) is 0 Å². The van der Waals surface area contributed by atoms with Crippen LogP contribution in [0.3, 0.4) is 0 Å². The first-order valence-electron chi connectivity index (χ1n) is 7.88. The lowest BCUT2D eigenvalue weighted by atomic mass is 10.2. The molecule has 0 saturated carbocycles. The maximum absolute atomic E-state index is 5.94. The lowest BCUT2D eigenvalue weighted by Gasteiger charge is -2.22. The van der Waals surface area contributed by atoms with Crippen LogP contribution in [-0.2, 0) is 4.74 Å². The Morgan fingerprint density at radius 1 is 1.14 bits per heavy atom. The molecule has 0 saturated heterocycles. The molecular formula is C17H33NOS2. The fourth-order valence-corrected chi connectivity index (χ4v) is 3.82. The summed E-state index contributed by atoms with van der Waals surface area (Å²) < 4.78 is 6.19. The van der Waals surface area contributed by atoms with Crippen LogP contribution in [0.4, 0.5) is 0 Å². The normalized spacial score (nSPS) is 13.4. The van der Waals surface area contributed by atoms with E-state index in [0.29, 0.717) is 18.6 Å². The highest BCUT2D eigenvalue weighted by Crippen LogP contribution is 2.39. The Morgan fingerprint density at radius 3 is 2.33 bits per heavy atom. The summed E-state index contributed by atoms with van der Waals surface area (Å²) in [5.74, 6) is 6.68. The van der Waals surface area contributed by atoms with Crippen molar-refractivity contribution in [3.63, 3.8) is 0 Å². The van der Waals surface area contributed by atoms with E-state index in [1.54, 1.807) is 0 Å². The van der Waals surface area contributed by atoms with Crippen molar-refractivity contribution >= 4 is 21.6 Å². The molecule has 124 valence electrons. The van der Waals surface area contributed by atoms with Crippen molar-refractivity contribution in [2.75, 3.05) is 13.2 Å². The van der Waals surface area contributed by atoms with E-state index in [1.165, 1.54) is 0 Å². The van der Waals surface area contributed by atoms with Crippen molar-refractivity contribution in [2.45, 2.75) is 77.5 Å². The van der Waals surface area contributed by atoms with Crippen molar-refractivity contribution in [2.24, 2.45) is 5.92 Å². The van der Waals surface area contributed by atoms with Gasteiger partial charge < -0.3 is 10.1 Å². The summed E-state index contributed by atoms with van der Waals surface area (Å²) in [4.78, 5) is 0. The van der Waals surface area contributed by atoms with Gasteiger partial charge in [0.05, 0.1) is 0 Å². The van der Waals surface area contributed by atoms with Crippen molar-refractivity contribution in [1.82, 2.24) is 5.32 Å². The molecule has 0 aromatic carbocycles. The Labute approximate surface area is 140 Å². The standard InChI is InChI=1S/C17H33NOS2/c1-14(2)10-9-13-19-16(20-21-17(5,6)7)11-8-12-18-15(3)4/h14-16,18H,8,11-13H2,1-7H3/t16-/m0/s1. The van der Waals surface area contributed by atoms with Gasteiger partial charge in [-0.3, -0.25) is 0 Å². The van der Waals surface area contributed by atoms with Crippen LogP contribution in [0.5, 0.6) is 0 Å². The van der Waals surface area contributed by atoms with Crippen molar-refractivity contribution in [1.29, 1.82) is 0 Å². The second-order valence-corrected chi connectivity index (χ2v) is 9.95. The minimum absolute atomic E-state index is 0.227. The molecule has 2 nitrogen and oxygen atoms in total. The lowest BCUT2D eigenvalue weighted by Crippen LogP contribution is -2.24. The second kappa shape index (κ2) is 11.7. The highest BCUT2D eigenvalue weighted by Gasteiger charge is 2.17. The molecule has 4 heteroatoms. The van der Waals surface area contributed by atoms with Crippen LogP contribution >= 0.6 is 21.6 Å². The zero-order chi connectivity index (χ0) is 16.3. The zero-order valence-electron chi connectivity index (χ0n) is 14.8. The number of hydrogen-bond donors (Lipinski definition) is 1. The predicted molar refractivity (Wildman–Crippen MR) is 99.7 cm³/mol. The quantitative estimate of drug-likeness (QED) is 0.279. The van der Waals surface area contributed by atoms with Gasteiger partial charge in [0.2, 0.25) is 0 Å². The summed E-state index contributed by atoms with van der Waals surface area (Å²) >= 11 is 0. The minimum atomic E-state index is 0.227. The van der Waals surface area contributed by atoms with Gasteiger partial charge in [-0.25, -0.2) is 0 Å². The fourth-order valence-electron chi connectivity index (χ4n) is 1.40. The number of hydrogen-bond acceptors (Lipinski definition) is 4. The minimum Gasteiger partial charge on any atom is -0.354 e. The maximum Gasteiger partial charge on any atom is 0.114 e. The molecule has 0 spiro atoms. The summed E-state index contributed by atoms with van der Waals surface area (Å²) in [6.07, 6.45) is 2.20. The van der Waals surface area contributed by atoms with Crippen molar-refractivity contribution in [3.05, 3.63) is 0 Å². The predicted octanol–water partition coefficient (Wildman–Crippen LogP) is 4.95. The molecule has 0 radical (unpaired) electrons. The molecule has 0 aliphatic heterocycles. The monoisotopic (exact) mass is 331 g/mol. The molecule has 0 aromatic rings. The Kier molecular flexibility index (Phi) is 11.8. The first-order valence-corrected chi connectivity index (χ1v) is 10.1. The van der Waals surface area contributed by atoms with Crippen LogP contribution in [-0.4, -0.2) is 29.4 Å². The van der Waals surface area contributed by atoms with E-state index in [4.69, 9.17) is 4.74 Å². The van der Waals surface area contributed by atoms with Gasteiger partial charge in [0.15, 0.2) is 0 Å². The molecule has 0 aliphatic carbocycles. The number of nitrogens with one attached hydrogen (secondary N) is 1. The van der Waals surface area contributed by atoms with Gasteiger partial charge in [-0.1, -0.05) is 81.9 Å².